The number of hydrogen-bond acceptors (Lipinski definition) is 5. The molecule has 0 saturated heterocycles. The largest absolute Gasteiger partial charge is 0.497 e. The molecule has 1 atom stereocenters. The van der Waals surface area contributed by atoms with Gasteiger partial charge in [-0.05, 0) is 68.0 Å². The molecule has 1 aliphatic carbocycles. The molecule has 1 aliphatic rings. The van der Waals surface area contributed by atoms with E-state index in [1.54, 1.807) is 19.2 Å². The quantitative estimate of drug-likeness (QED) is 0.455. The molecular weight excluding hydrogens is 502 g/mol. The highest BCUT2D eigenvalue weighted by molar-refractivity contribution is 7.92. The highest BCUT2D eigenvalue weighted by Crippen LogP contribution is 2.26. The minimum atomic E-state index is -3.78. The lowest BCUT2D eigenvalue weighted by atomic mass is 9.95. The van der Waals surface area contributed by atoms with E-state index in [-0.39, 0.29) is 18.5 Å². The molecule has 1 fully saturated rings. The Labute approximate surface area is 227 Å². The zero-order valence-corrected chi connectivity index (χ0v) is 24.0. The highest BCUT2D eigenvalue weighted by atomic mass is 32.2. The maximum Gasteiger partial charge on any atom is 0.244 e. The number of rotatable bonds is 11. The molecule has 2 amide bonds. The fourth-order valence-electron chi connectivity index (χ4n) is 5.03. The third kappa shape index (κ3) is 7.49. The molecule has 38 heavy (non-hydrogen) atoms. The molecular formula is C29H41N3O5S. The number of aryl methyl sites for hydroxylation is 1. The van der Waals surface area contributed by atoms with Crippen molar-refractivity contribution >= 4 is 27.5 Å². The van der Waals surface area contributed by atoms with E-state index >= 15 is 0 Å². The molecule has 2 aromatic carbocycles. The van der Waals surface area contributed by atoms with Crippen LogP contribution < -0.4 is 14.4 Å². The maximum absolute atomic E-state index is 13.9. The van der Waals surface area contributed by atoms with Crippen molar-refractivity contribution in [3.8, 4) is 5.75 Å². The number of hydrogen-bond donors (Lipinski definition) is 1. The number of carbonyl (C=O) groups is 2. The molecule has 0 radical (unpaired) electrons. The molecule has 0 aromatic heterocycles. The smallest absolute Gasteiger partial charge is 0.244 e. The number of carbonyl (C=O) groups excluding carboxylic acids is 2. The first-order chi connectivity index (χ1) is 18.0. The van der Waals surface area contributed by atoms with Crippen molar-refractivity contribution in [2.45, 2.75) is 77.9 Å². The first-order valence-corrected chi connectivity index (χ1v) is 15.2. The van der Waals surface area contributed by atoms with E-state index in [0.717, 1.165) is 52.9 Å². The van der Waals surface area contributed by atoms with Crippen LogP contribution in [0.3, 0.4) is 0 Å². The van der Waals surface area contributed by atoms with Crippen molar-refractivity contribution < 1.29 is 22.7 Å². The Morgan fingerprint density at radius 1 is 1.08 bits per heavy atom. The van der Waals surface area contributed by atoms with Crippen molar-refractivity contribution in [2.75, 3.05) is 24.2 Å². The Morgan fingerprint density at radius 3 is 2.39 bits per heavy atom. The van der Waals surface area contributed by atoms with Crippen molar-refractivity contribution in [3.05, 3.63) is 59.2 Å². The summed E-state index contributed by atoms with van der Waals surface area (Å²) in [6, 6.07) is 12.1. The Hall–Kier alpha value is -3.07. The monoisotopic (exact) mass is 543 g/mol. The van der Waals surface area contributed by atoms with Crippen LogP contribution in [0, 0.1) is 13.8 Å². The van der Waals surface area contributed by atoms with E-state index in [9.17, 15) is 18.0 Å². The van der Waals surface area contributed by atoms with Crippen LogP contribution in [0.25, 0.3) is 0 Å². The average molecular weight is 544 g/mol. The van der Waals surface area contributed by atoms with Gasteiger partial charge in [0.2, 0.25) is 21.8 Å². The molecule has 9 heteroatoms. The van der Waals surface area contributed by atoms with Gasteiger partial charge in [-0.25, -0.2) is 8.42 Å². The van der Waals surface area contributed by atoms with Crippen molar-refractivity contribution in [3.63, 3.8) is 0 Å². The molecule has 0 heterocycles. The summed E-state index contributed by atoms with van der Waals surface area (Å²) in [6.07, 6.45) is 6.68. The predicted molar refractivity (Wildman–Crippen MR) is 151 cm³/mol. The molecule has 8 nitrogen and oxygen atoms in total. The molecule has 208 valence electrons. The summed E-state index contributed by atoms with van der Waals surface area (Å²) >= 11 is 0. The molecule has 1 saturated carbocycles. The van der Waals surface area contributed by atoms with Gasteiger partial charge in [-0.3, -0.25) is 13.9 Å². The summed E-state index contributed by atoms with van der Waals surface area (Å²) in [6.45, 7) is 5.36. The van der Waals surface area contributed by atoms with Crippen LogP contribution in [-0.4, -0.2) is 57.1 Å². The first-order valence-electron chi connectivity index (χ1n) is 13.3. The van der Waals surface area contributed by atoms with Crippen LogP contribution in [0.15, 0.2) is 42.5 Å². The van der Waals surface area contributed by atoms with Crippen molar-refractivity contribution in [1.82, 2.24) is 10.2 Å². The van der Waals surface area contributed by atoms with E-state index in [1.807, 2.05) is 51.1 Å². The minimum absolute atomic E-state index is 0.0986. The average Bonchev–Trinajstić information content (AvgIpc) is 2.89. The fraction of sp³-hybridized carbons (Fsp3) is 0.517. The van der Waals surface area contributed by atoms with E-state index in [0.29, 0.717) is 17.9 Å². The van der Waals surface area contributed by atoms with Gasteiger partial charge in [-0.15, -0.1) is 0 Å². The SMILES string of the molecule is CC[C@@H](C(=O)NC1CCCCC1)N(Cc1cccc(OC)c1)C(=O)CN(c1cccc(C)c1C)S(C)(=O)=O. The molecule has 0 aliphatic heterocycles. The van der Waals surface area contributed by atoms with Gasteiger partial charge in [-0.1, -0.05) is 50.5 Å². The summed E-state index contributed by atoms with van der Waals surface area (Å²) in [5.41, 5.74) is 2.96. The summed E-state index contributed by atoms with van der Waals surface area (Å²) in [4.78, 5) is 28.9. The van der Waals surface area contributed by atoms with Gasteiger partial charge < -0.3 is 15.0 Å². The highest BCUT2D eigenvalue weighted by Gasteiger charge is 2.33. The fourth-order valence-corrected chi connectivity index (χ4v) is 5.93. The lowest BCUT2D eigenvalue weighted by Gasteiger charge is -2.34. The Balaban J connectivity index is 1.96. The normalized spacial score (nSPS) is 15.0. The van der Waals surface area contributed by atoms with Crippen molar-refractivity contribution in [1.29, 1.82) is 0 Å². The number of amides is 2. The number of nitrogens with zero attached hydrogens (tertiary/aromatic N) is 2. The van der Waals surface area contributed by atoms with E-state index in [1.165, 1.54) is 11.3 Å². The van der Waals surface area contributed by atoms with Crippen LogP contribution in [-0.2, 0) is 26.2 Å². The van der Waals surface area contributed by atoms with Gasteiger partial charge in [0, 0.05) is 12.6 Å². The number of nitrogens with one attached hydrogen (secondary N) is 1. The number of sulfonamides is 1. The number of benzene rings is 2. The van der Waals surface area contributed by atoms with Crippen LogP contribution in [0.4, 0.5) is 5.69 Å². The van der Waals surface area contributed by atoms with E-state index in [4.69, 9.17) is 4.74 Å². The Morgan fingerprint density at radius 2 is 1.76 bits per heavy atom. The second kappa shape index (κ2) is 13.1. The molecule has 0 unspecified atom stereocenters. The third-order valence-corrected chi connectivity index (χ3v) is 8.47. The lowest BCUT2D eigenvalue weighted by Crippen LogP contribution is -2.54. The van der Waals surface area contributed by atoms with Gasteiger partial charge >= 0.3 is 0 Å². The summed E-state index contributed by atoms with van der Waals surface area (Å²) in [7, 11) is -2.21. The molecule has 0 spiro atoms. The van der Waals surface area contributed by atoms with Gasteiger partial charge in [0.15, 0.2) is 0 Å². The Kier molecular flexibility index (Phi) is 10.2. The Bertz CT molecular complexity index is 1220. The second-order valence-corrected chi connectivity index (χ2v) is 12.0. The number of ether oxygens (including phenoxy) is 1. The summed E-state index contributed by atoms with van der Waals surface area (Å²) in [5.74, 6) is 0.000774. The molecule has 2 aromatic rings. The third-order valence-electron chi connectivity index (χ3n) is 7.35. The standard InChI is InChI=1S/C29H41N3O5S/c1-6-26(29(34)30-24-14-8-7-9-15-24)31(19-23-13-11-16-25(18-23)37-4)28(33)20-32(38(5,35)36)27-17-10-12-21(2)22(27)3/h10-13,16-18,24,26H,6-9,14-15,19-20H2,1-5H3,(H,30,34)/t26-/m0/s1. The van der Waals surface area contributed by atoms with Crippen LogP contribution in [0.1, 0.15) is 62.1 Å². The van der Waals surface area contributed by atoms with Crippen LogP contribution >= 0.6 is 0 Å². The van der Waals surface area contributed by atoms with E-state index < -0.39 is 28.5 Å². The zero-order chi connectivity index (χ0) is 27.9. The van der Waals surface area contributed by atoms with E-state index in [2.05, 4.69) is 5.32 Å². The van der Waals surface area contributed by atoms with Gasteiger partial charge in [0.1, 0.15) is 18.3 Å². The number of anilines is 1. The topological polar surface area (TPSA) is 96.0 Å². The maximum atomic E-state index is 13.9. The lowest BCUT2D eigenvalue weighted by molar-refractivity contribution is -0.140. The molecule has 1 N–H and O–H groups in total. The molecule has 0 bridgehead atoms. The summed E-state index contributed by atoms with van der Waals surface area (Å²) in [5, 5.41) is 3.16. The molecule has 3 rings (SSSR count). The number of methoxy groups -OCH3 is 1. The van der Waals surface area contributed by atoms with Crippen LogP contribution in [0.5, 0.6) is 5.75 Å². The zero-order valence-electron chi connectivity index (χ0n) is 23.2. The summed E-state index contributed by atoms with van der Waals surface area (Å²) < 4.78 is 32.3. The van der Waals surface area contributed by atoms with Gasteiger partial charge in [-0.2, -0.15) is 0 Å². The minimum Gasteiger partial charge on any atom is -0.497 e. The second-order valence-electron chi connectivity index (χ2n) is 10.1. The van der Waals surface area contributed by atoms with Crippen molar-refractivity contribution in [2.24, 2.45) is 0 Å². The predicted octanol–water partition coefficient (Wildman–Crippen LogP) is 4.33. The van der Waals surface area contributed by atoms with Gasteiger partial charge in [0.05, 0.1) is 19.1 Å². The van der Waals surface area contributed by atoms with Gasteiger partial charge in [0.25, 0.3) is 0 Å². The first kappa shape index (κ1) is 29.5. The van der Waals surface area contributed by atoms with Crippen LogP contribution in [0.2, 0.25) is 0 Å².